The summed E-state index contributed by atoms with van der Waals surface area (Å²) in [4.78, 5) is 10.5. The number of aliphatic carboxylic acids is 1. The molecule has 0 amide bonds. The van der Waals surface area contributed by atoms with E-state index in [0.29, 0.717) is 5.16 Å². The Balaban J connectivity index is 2.12. The van der Waals surface area contributed by atoms with Crippen LogP contribution in [0.5, 0.6) is 0 Å². The van der Waals surface area contributed by atoms with Crippen molar-refractivity contribution in [3.63, 3.8) is 0 Å². The van der Waals surface area contributed by atoms with Crippen LogP contribution in [0.1, 0.15) is 31.5 Å². The van der Waals surface area contributed by atoms with Crippen LogP contribution in [-0.2, 0) is 16.6 Å². The Morgan fingerprint density at radius 2 is 2.39 bits per heavy atom. The van der Waals surface area contributed by atoms with Crippen molar-refractivity contribution in [2.75, 3.05) is 12.4 Å². The van der Waals surface area contributed by atoms with Gasteiger partial charge < -0.3 is 14.4 Å². The van der Waals surface area contributed by atoms with E-state index in [4.69, 9.17) is 9.84 Å². The van der Waals surface area contributed by atoms with Gasteiger partial charge in [-0.25, -0.2) is 0 Å². The molecule has 6 nitrogen and oxygen atoms in total. The summed E-state index contributed by atoms with van der Waals surface area (Å²) in [7, 11) is 1.88. The maximum Gasteiger partial charge on any atom is 0.313 e. The molecule has 1 fully saturated rings. The normalized spacial score (nSPS) is 23.4. The van der Waals surface area contributed by atoms with Crippen LogP contribution >= 0.6 is 11.8 Å². The molecule has 18 heavy (non-hydrogen) atoms. The van der Waals surface area contributed by atoms with E-state index in [-0.39, 0.29) is 17.8 Å². The predicted molar refractivity (Wildman–Crippen MR) is 66.8 cm³/mol. The number of carboxylic acid groups (broad SMARTS) is 1. The maximum atomic E-state index is 10.5. The van der Waals surface area contributed by atoms with E-state index >= 15 is 0 Å². The third-order valence-corrected chi connectivity index (χ3v) is 4.14. The van der Waals surface area contributed by atoms with Gasteiger partial charge in [-0.1, -0.05) is 18.7 Å². The summed E-state index contributed by atoms with van der Waals surface area (Å²) >= 11 is 1.19. The third-order valence-electron chi connectivity index (χ3n) is 3.14. The number of nitrogens with zero attached hydrogens (tertiary/aromatic N) is 3. The minimum Gasteiger partial charge on any atom is -0.481 e. The van der Waals surface area contributed by atoms with E-state index in [9.17, 15) is 4.79 Å². The van der Waals surface area contributed by atoms with Crippen molar-refractivity contribution in [3.05, 3.63) is 5.82 Å². The van der Waals surface area contributed by atoms with Crippen LogP contribution < -0.4 is 0 Å². The number of carboxylic acids is 1. The standard InChI is InChI=1S/C11H17N3O3S/c1-3-8-7(4-5-17-8)10-12-13-11(14(10)2)18-6-9(15)16/h7-8H,3-6H2,1-2H3,(H,15,16). The molecule has 1 aromatic rings. The second kappa shape index (κ2) is 5.71. The van der Waals surface area contributed by atoms with Crippen molar-refractivity contribution in [1.82, 2.24) is 14.8 Å². The smallest absolute Gasteiger partial charge is 0.313 e. The van der Waals surface area contributed by atoms with Crippen LogP contribution in [0.15, 0.2) is 5.16 Å². The van der Waals surface area contributed by atoms with Crippen LogP contribution in [0, 0.1) is 0 Å². The van der Waals surface area contributed by atoms with Gasteiger partial charge in [0, 0.05) is 19.6 Å². The van der Waals surface area contributed by atoms with Crippen molar-refractivity contribution in [3.8, 4) is 0 Å². The largest absolute Gasteiger partial charge is 0.481 e. The van der Waals surface area contributed by atoms with Crippen molar-refractivity contribution < 1.29 is 14.6 Å². The monoisotopic (exact) mass is 271 g/mol. The highest BCUT2D eigenvalue weighted by Crippen LogP contribution is 2.32. The number of aromatic nitrogens is 3. The topological polar surface area (TPSA) is 77.2 Å². The van der Waals surface area contributed by atoms with Gasteiger partial charge in [0.1, 0.15) is 5.82 Å². The molecule has 0 saturated carbocycles. The Kier molecular flexibility index (Phi) is 4.23. The SMILES string of the molecule is CCC1OCCC1c1nnc(SCC(=O)O)n1C. The molecule has 2 unspecified atom stereocenters. The maximum absolute atomic E-state index is 10.5. The molecular weight excluding hydrogens is 254 g/mol. The molecule has 2 heterocycles. The number of carbonyl (C=O) groups is 1. The molecule has 1 aliphatic heterocycles. The van der Waals surface area contributed by atoms with Gasteiger partial charge in [-0.2, -0.15) is 0 Å². The number of hydrogen-bond acceptors (Lipinski definition) is 5. The quantitative estimate of drug-likeness (QED) is 0.813. The van der Waals surface area contributed by atoms with E-state index in [1.54, 1.807) is 0 Å². The number of hydrogen-bond donors (Lipinski definition) is 1. The first-order valence-corrected chi connectivity index (χ1v) is 6.97. The summed E-state index contributed by atoms with van der Waals surface area (Å²) in [5, 5.41) is 17.6. The van der Waals surface area contributed by atoms with E-state index in [0.717, 1.165) is 25.3 Å². The van der Waals surface area contributed by atoms with E-state index < -0.39 is 5.97 Å². The molecule has 0 aromatic carbocycles. The van der Waals surface area contributed by atoms with Gasteiger partial charge >= 0.3 is 5.97 Å². The van der Waals surface area contributed by atoms with Gasteiger partial charge in [0.2, 0.25) is 0 Å². The molecule has 1 N–H and O–H groups in total. The lowest BCUT2D eigenvalue weighted by Crippen LogP contribution is -2.16. The van der Waals surface area contributed by atoms with Gasteiger partial charge in [0.05, 0.1) is 11.9 Å². The zero-order valence-corrected chi connectivity index (χ0v) is 11.3. The molecule has 100 valence electrons. The van der Waals surface area contributed by atoms with Crippen LogP contribution in [0.2, 0.25) is 0 Å². The highest BCUT2D eigenvalue weighted by atomic mass is 32.2. The van der Waals surface area contributed by atoms with E-state index in [2.05, 4.69) is 17.1 Å². The summed E-state index contributed by atoms with van der Waals surface area (Å²) in [6, 6.07) is 0. The molecular formula is C11H17N3O3S. The summed E-state index contributed by atoms with van der Waals surface area (Å²) < 4.78 is 7.53. The van der Waals surface area contributed by atoms with Gasteiger partial charge in [-0.05, 0) is 12.8 Å². The molecule has 0 radical (unpaired) electrons. The second-order valence-electron chi connectivity index (χ2n) is 4.29. The zero-order chi connectivity index (χ0) is 13.1. The summed E-state index contributed by atoms with van der Waals surface area (Å²) in [5.41, 5.74) is 0. The Bertz CT molecular complexity index is 435. The van der Waals surface area contributed by atoms with Crippen molar-refractivity contribution >= 4 is 17.7 Å². The van der Waals surface area contributed by atoms with Crippen LogP contribution in [0.25, 0.3) is 0 Å². The van der Waals surface area contributed by atoms with E-state index in [1.165, 1.54) is 11.8 Å². The summed E-state index contributed by atoms with van der Waals surface area (Å²) in [5.74, 6) is 0.323. The van der Waals surface area contributed by atoms with Gasteiger partial charge in [-0.15, -0.1) is 10.2 Å². The molecule has 0 bridgehead atoms. The Hall–Kier alpha value is -1.08. The molecule has 0 aliphatic carbocycles. The van der Waals surface area contributed by atoms with Crippen molar-refractivity contribution in [2.24, 2.45) is 7.05 Å². The van der Waals surface area contributed by atoms with Crippen LogP contribution in [0.4, 0.5) is 0 Å². The first-order chi connectivity index (χ1) is 8.63. The first kappa shape index (κ1) is 13.4. The highest BCUT2D eigenvalue weighted by molar-refractivity contribution is 7.99. The first-order valence-electron chi connectivity index (χ1n) is 5.99. The zero-order valence-electron chi connectivity index (χ0n) is 10.5. The Labute approximate surface area is 110 Å². The molecule has 1 aromatic heterocycles. The highest BCUT2D eigenvalue weighted by Gasteiger charge is 2.32. The molecule has 0 spiro atoms. The van der Waals surface area contributed by atoms with Crippen LogP contribution in [-0.4, -0.2) is 44.3 Å². The third kappa shape index (κ3) is 2.67. The molecule has 2 rings (SSSR count). The number of ether oxygens (including phenoxy) is 1. The lowest BCUT2D eigenvalue weighted by molar-refractivity contribution is -0.133. The average molecular weight is 271 g/mol. The number of thioether (sulfide) groups is 1. The lowest BCUT2D eigenvalue weighted by Gasteiger charge is -2.15. The van der Waals surface area contributed by atoms with Gasteiger partial charge in [0.15, 0.2) is 5.16 Å². The average Bonchev–Trinajstić information content (AvgIpc) is 2.92. The Morgan fingerprint density at radius 1 is 1.61 bits per heavy atom. The fourth-order valence-corrected chi connectivity index (χ4v) is 2.89. The van der Waals surface area contributed by atoms with Crippen molar-refractivity contribution in [1.29, 1.82) is 0 Å². The second-order valence-corrected chi connectivity index (χ2v) is 5.24. The van der Waals surface area contributed by atoms with Crippen LogP contribution in [0.3, 0.4) is 0 Å². The minimum absolute atomic E-state index is 0.00431. The fraction of sp³-hybridized carbons (Fsp3) is 0.727. The predicted octanol–water partition coefficient (Wildman–Crippen LogP) is 1.27. The fourth-order valence-electron chi connectivity index (χ4n) is 2.25. The Morgan fingerprint density at radius 3 is 3.06 bits per heavy atom. The molecule has 7 heteroatoms. The number of rotatable bonds is 5. The van der Waals surface area contributed by atoms with Gasteiger partial charge in [-0.3, -0.25) is 4.79 Å². The van der Waals surface area contributed by atoms with E-state index in [1.807, 2.05) is 11.6 Å². The van der Waals surface area contributed by atoms with Crippen molar-refractivity contribution in [2.45, 2.75) is 36.9 Å². The summed E-state index contributed by atoms with van der Waals surface area (Å²) in [6.45, 7) is 2.85. The lowest BCUT2D eigenvalue weighted by atomic mass is 9.99. The van der Waals surface area contributed by atoms with Gasteiger partial charge in [0.25, 0.3) is 0 Å². The summed E-state index contributed by atoms with van der Waals surface area (Å²) in [6.07, 6.45) is 2.11. The molecule has 1 saturated heterocycles. The molecule has 2 atom stereocenters. The minimum atomic E-state index is -0.847. The molecule has 1 aliphatic rings.